The van der Waals surface area contributed by atoms with Gasteiger partial charge in [0.25, 0.3) is 10.0 Å². The molecule has 0 atom stereocenters. The van der Waals surface area contributed by atoms with E-state index in [0.29, 0.717) is 5.75 Å². The van der Waals surface area contributed by atoms with Crippen molar-refractivity contribution in [2.45, 2.75) is 11.6 Å². The second kappa shape index (κ2) is 6.53. The molecular formula is C13H16N4O3S. The SMILES string of the molecule is COc1cccc(CNS(=O)(=O)c2ncccc2NN)c1. The summed E-state index contributed by atoms with van der Waals surface area (Å²) in [7, 11) is -2.21. The largest absolute Gasteiger partial charge is 0.497 e. The molecule has 0 aliphatic heterocycles. The molecule has 2 aromatic rings. The van der Waals surface area contributed by atoms with Gasteiger partial charge in [0.1, 0.15) is 5.75 Å². The Hall–Kier alpha value is -2.16. The zero-order valence-electron chi connectivity index (χ0n) is 11.4. The fourth-order valence-corrected chi connectivity index (χ4v) is 2.85. The number of nitrogen functional groups attached to an aromatic ring is 1. The Morgan fingerprint density at radius 2 is 2.10 bits per heavy atom. The molecule has 8 heteroatoms. The monoisotopic (exact) mass is 308 g/mol. The minimum atomic E-state index is -3.77. The summed E-state index contributed by atoms with van der Waals surface area (Å²) in [6.07, 6.45) is 1.39. The maximum absolute atomic E-state index is 12.2. The molecule has 0 fully saturated rings. The van der Waals surface area contributed by atoms with Crippen molar-refractivity contribution in [3.63, 3.8) is 0 Å². The minimum absolute atomic E-state index is 0.125. The van der Waals surface area contributed by atoms with E-state index in [0.717, 1.165) is 5.56 Å². The van der Waals surface area contributed by atoms with Crippen LogP contribution in [0.3, 0.4) is 0 Å². The Morgan fingerprint density at radius 1 is 1.29 bits per heavy atom. The van der Waals surface area contributed by atoms with Crippen molar-refractivity contribution in [1.29, 1.82) is 0 Å². The van der Waals surface area contributed by atoms with Gasteiger partial charge in [-0.1, -0.05) is 12.1 Å². The first-order valence-electron chi connectivity index (χ1n) is 6.11. The highest BCUT2D eigenvalue weighted by Gasteiger charge is 2.19. The maximum Gasteiger partial charge on any atom is 0.260 e. The molecule has 0 saturated heterocycles. The molecule has 112 valence electrons. The standard InChI is InChI=1S/C13H16N4O3S/c1-20-11-5-2-4-10(8-11)9-16-21(18,19)13-12(17-14)6-3-7-15-13/h2-8,16-17H,9,14H2,1H3. The van der Waals surface area contributed by atoms with Gasteiger partial charge in [0.05, 0.1) is 12.8 Å². The number of ether oxygens (including phenoxy) is 1. The number of sulfonamides is 1. The predicted octanol–water partition coefficient (Wildman–Crippen LogP) is 0.854. The van der Waals surface area contributed by atoms with E-state index in [1.807, 2.05) is 0 Å². The van der Waals surface area contributed by atoms with E-state index < -0.39 is 10.0 Å². The second-order valence-corrected chi connectivity index (χ2v) is 5.86. The first-order valence-corrected chi connectivity index (χ1v) is 7.59. The lowest BCUT2D eigenvalue weighted by Crippen LogP contribution is -2.26. The summed E-state index contributed by atoms with van der Waals surface area (Å²) in [6, 6.07) is 10.3. The molecule has 0 spiro atoms. The Balaban J connectivity index is 2.18. The van der Waals surface area contributed by atoms with E-state index in [1.54, 1.807) is 37.4 Å². The molecule has 1 aromatic heterocycles. The molecule has 0 aliphatic rings. The van der Waals surface area contributed by atoms with Crippen molar-refractivity contribution in [2.75, 3.05) is 12.5 Å². The number of hydrazine groups is 1. The second-order valence-electron chi connectivity index (χ2n) is 4.18. The number of aromatic nitrogens is 1. The van der Waals surface area contributed by atoms with Gasteiger partial charge >= 0.3 is 0 Å². The lowest BCUT2D eigenvalue weighted by Gasteiger charge is -2.10. The minimum Gasteiger partial charge on any atom is -0.497 e. The van der Waals surface area contributed by atoms with Crippen molar-refractivity contribution in [3.8, 4) is 5.75 Å². The maximum atomic E-state index is 12.2. The summed E-state index contributed by atoms with van der Waals surface area (Å²) in [5.74, 6) is 5.95. The van der Waals surface area contributed by atoms with Crippen LogP contribution >= 0.6 is 0 Å². The number of anilines is 1. The zero-order chi connectivity index (χ0) is 15.3. The average molecular weight is 308 g/mol. The number of nitrogens with two attached hydrogens (primary N) is 1. The summed E-state index contributed by atoms with van der Waals surface area (Å²) in [5, 5.41) is -0.143. The highest BCUT2D eigenvalue weighted by atomic mass is 32.2. The topological polar surface area (TPSA) is 106 Å². The van der Waals surface area contributed by atoms with Crippen LogP contribution in [0.4, 0.5) is 5.69 Å². The Labute approximate surface area is 123 Å². The van der Waals surface area contributed by atoms with Crippen LogP contribution in [0.25, 0.3) is 0 Å². The molecule has 7 nitrogen and oxygen atoms in total. The van der Waals surface area contributed by atoms with Crippen LogP contribution in [0.15, 0.2) is 47.6 Å². The molecule has 0 bridgehead atoms. The normalized spacial score (nSPS) is 11.1. The van der Waals surface area contributed by atoms with E-state index in [-0.39, 0.29) is 17.3 Å². The lowest BCUT2D eigenvalue weighted by molar-refractivity contribution is 0.414. The van der Waals surface area contributed by atoms with Gasteiger partial charge in [-0.25, -0.2) is 18.1 Å². The van der Waals surface area contributed by atoms with Crippen LogP contribution in [-0.4, -0.2) is 20.5 Å². The summed E-state index contributed by atoms with van der Waals surface area (Å²) in [4.78, 5) is 3.85. The Kier molecular flexibility index (Phi) is 4.73. The van der Waals surface area contributed by atoms with Gasteiger partial charge in [-0.3, -0.25) is 5.84 Å². The third-order valence-electron chi connectivity index (χ3n) is 2.78. The number of benzene rings is 1. The van der Waals surface area contributed by atoms with Crippen LogP contribution in [0.5, 0.6) is 5.75 Å². The fourth-order valence-electron chi connectivity index (χ4n) is 1.74. The quantitative estimate of drug-likeness (QED) is 0.539. The summed E-state index contributed by atoms with van der Waals surface area (Å²) < 4.78 is 32.0. The van der Waals surface area contributed by atoms with E-state index in [9.17, 15) is 8.42 Å². The molecule has 1 heterocycles. The van der Waals surface area contributed by atoms with Crippen LogP contribution in [0, 0.1) is 0 Å². The highest BCUT2D eigenvalue weighted by molar-refractivity contribution is 7.89. The van der Waals surface area contributed by atoms with Crippen molar-refractivity contribution < 1.29 is 13.2 Å². The van der Waals surface area contributed by atoms with Crippen LogP contribution in [0.2, 0.25) is 0 Å². The van der Waals surface area contributed by atoms with Gasteiger partial charge in [-0.15, -0.1) is 0 Å². The molecule has 2 rings (SSSR count). The van der Waals surface area contributed by atoms with Crippen molar-refractivity contribution >= 4 is 15.7 Å². The molecule has 1 aromatic carbocycles. The summed E-state index contributed by atoms with van der Waals surface area (Å²) >= 11 is 0. The van der Waals surface area contributed by atoms with Crippen LogP contribution in [-0.2, 0) is 16.6 Å². The van der Waals surface area contributed by atoms with E-state index in [1.165, 1.54) is 12.3 Å². The molecule has 0 saturated carbocycles. The van der Waals surface area contributed by atoms with E-state index in [4.69, 9.17) is 10.6 Å². The van der Waals surface area contributed by atoms with Crippen LogP contribution in [0.1, 0.15) is 5.56 Å². The summed E-state index contributed by atoms with van der Waals surface area (Å²) in [6.45, 7) is 0.125. The Bertz CT molecular complexity index is 719. The predicted molar refractivity (Wildman–Crippen MR) is 79.1 cm³/mol. The zero-order valence-corrected chi connectivity index (χ0v) is 12.2. The molecule has 0 aliphatic carbocycles. The molecule has 0 amide bonds. The van der Waals surface area contributed by atoms with Gasteiger partial charge in [0.15, 0.2) is 5.03 Å². The number of nitrogens with one attached hydrogen (secondary N) is 2. The number of hydrogen-bond donors (Lipinski definition) is 3. The smallest absolute Gasteiger partial charge is 0.260 e. The lowest BCUT2D eigenvalue weighted by atomic mass is 10.2. The molecular weight excluding hydrogens is 292 g/mol. The molecule has 0 unspecified atom stereocenters. The van der Waals surface area contributed by atoms with Crippen molar-refractivity contribution in [1.82, 2.24) is 9.71 Å². The van der Waals surface area contributed by atoms with Gasteiger partial charge in [-0.05, 0) is 29.8 Å². The number of methoxy groups -OCH3 is 1. The van der Waals surface area contributed by atoms with Gasteiger partial charge in [0, 0.05) is 12.7 Å². The number of rotatable bonds is 6. The average Bonchev–Trinajstić information content (AvgIpc) is 2.53. The van der Waals surface area contributed by atoms with Crippen molar-refractivity contribution in [3.05, 3.63) is 48.2 Å². The fraction of sp³-hybridized carbons (Fsp3) is 0.154. The highest BCUT2D eigenvalue weighted by Crippen LogP contribution is 2.17. The Morgan fingerprint density at radius 3 is 2.81 bits per heavy atom. The first kappa shape index (κ1) is 15.2. The molecule has 4 N–H and O–H groups in total. The summed E-state index contributed by atoms with van der Waals surface area (Å²) in [5.41, 5.74) is 3.32. The van der Waals surface area contributed by atoms with Gasteiger partial charge in [-0.2, -0.15) is 0 Å². The number of hydrogen-bond acceptors (Lipinski definition) is 6. The third kappa shape index (κ3) is 3.69. The number of pyridine rings is 1. The van der Waals surface area contributed by atoms with E-state index >= 15 is 0 Å². The molecule has 0 radical (unpaired) electrons. The van der Waals surface area contributed by atoms with E-state index in [2.05, 4.69) is 15.1 Å². The van der Waals surface area contributed by atoms with Crippen LogP contribution < -0.4 is 20.7 Å². The number of nitrogens with zero attached hydrogens (tertiary/aromatic N) is 1. The van der Waals surface area contributed by atoms with Gasteiger partial charge < -0.3 is 10.2 Å². The molecule has 21 heavy (non-hydrogen) atoms. The first-order chi connectivity index (χ1) is 10.1. The van der Waals surface area contributed by atoms with Gasteiger partial charge in [0.2, 0.25) is 0 Å². The van der Waals surface area contributed by atoms with Crippen molar-refractivity contribution in [2.24, 2.45) is 5.84 Å². The third-order valence-corrected chi connectivity index (χ3v) is 4.14.